The Morgan fingerprint density at radius 1 is 0.786 bits per heavy atom. The SMILES string of the molecule is CCN(C(=O)c1ccc(NC(=O)CNc2ccccc2)cc1)c1ccccc1. The molecule has 142 valence electrons. The second-order valence-electron chi connectivity index (χ2n) is 6.23. The monoisotopic (exact) mass is 373 g/mol. The Balaban J connectivity index is 1.59. The second-order valence-corrected chi connectivity index (χ2v) is 6.23. The van der Waals surface area contributed by atoms with Gasteiger partial charge in [0.2, 0.25) is 5.91 Å². The fourth-order valence-corrected chi connectivity index (χ4v) is 2.85. The highest BCUT2D eigenvalue weighted by Gasteiger charge is 2.15. The van der Waals surface area contributed by atoms with Gasteiger partial charge in [-0.05, 0) is 55.5 Å². The van der Waals surface area contributed by atoms with Crippen LogP contribution in [0.2, 0.25) is 0 Å². The van der Waals surface area contributed by atoms with E-state index in [1.165, 1.54) is 0 Å². The number of para-hydroxylation sites is 2. The van der Waals surface area contributed by atoms with Crippen LogP contribution < -0.4 is 15.5 Å². The van der Waals surface area contributed by atoms with Crippen LogP contribution in [-0.2, 0) is 4.79 Å². The van der Waals surface area contributed by atoms with Gasteiger partial charge in [-0.3, -0.25) is 9.59 Å². The molecule has 3 rings (SSSR count). The van der Waals surface area contributed by atoms with Gasteiger partial charge in [0, 0.05) is 29.2 Å². The van der Waals surface area contributed by atoms with Gasteiger partial charge in [0.05, 0.1) is 6.54 Å². The lowest BCUT2D eigenvalue weighted by Gasteiger charge is -2.21. The lowest BCUT2D eigenvalue weighted by atomic mass is 10.1. The number of carbonyl (C=O) groups excluding carboxylic acids is 2. The number of nitrogens with zero attached hydrogens (tertiary/aromatic N) is 1. The molecule has 5 heteroatoms. The van der Waals surface area contributed by atoms with E-state index < -0.39 is 0 Å². The molecule has 0 aliphatic rings. The standard InChI is InChI=1S/C23H23N3O2/c1-2-26(21-11-7-4-8-12-21)23(28)18-13-15-20(16-14-18)25-22(27)17-24-19-9-5-3-6-10-19/h3-16,24H,2,17H2,1H3,(H,25,27). The predicted octanol–water partition coefficient (Wildman–Crippen LogP) is 4.40. The minimum Gasteiger partial charge on any atom is -0.376 e. The van der Waals surface area contributed by atoms with Gasteiger partial charge in [-0.1, -0.05) is 36.4 Å². The van der Waals surface area contributed by atoms with E-state index in [4.69, 9.17) is 0 Å². The number of amides is 2. The van der Waals surface area contributed by atoms with Gasteiger partial charge in [0.25, 0.3) is 5.91 Å². The fraction of sp³-hybridized carbons (Fsp3) is 0.130. The first-order valence-electron chi connectivity index (χ1n) is 9.23. The Hall–Kier alpha value is -3.60. The van der Waals surface area contributed by atoms with Crippen molar-refractivity contribution < 1.29 is 9.59 Å². The molecule has 0 unspecified atom stereocenters. The molecule has 0 radical (unpaired) electrons. The van der Waals surface area contributed by atoms with E-state index in [0.29, 0.717) is 17.8 Å². The van der Waals surface area contributed by atoms with Gasteiger partial charge in [-0.25, -0.2) is 0 Å². The summed E-state index contributed by atoms with van der Waals surface area (Å²) in [6.45, 7) is 2.69. The first-order chi connectivity index (χ1) is 13.7. The maximum absolute atomic E-state index is 12.8. The number of hydrogen-bond donors (Lipinski definition) is 2. The molecule has 0 aliphatic carbocycles. The van der Waals surface area contributed by atoms with E-state index in [2.05, 4.69) is 10.6 Å². The van der Waals surface area contributed by atoms with Crippen LogP contribution in [0.25, 0.3) is 0 Å². The molecule has 3 aromatic carbocycles. The summed E-state index contributed by atoms with van der Waals surface area (Å²) in [5.74, 6) is -0.222. The van der Waals surface area contributed by atoms with Crippen LogP contribution in [0.5, 0.6) is 0 Å². The summed E-state index contributed by atoms with van der Waals surface area (Å²) in [6, 6.07) is 26.1. The van der Waals surface area contributed by atoms with Crippen LogP contribution in [0.3, 0.4) is 0 Å². The van der Waals surface area contributed by atoms with E-state index in [9.17, 15) is 9.59 Å². The van der Waals surface area contributed by atoms with Gasteiger partial charge in [0.1, 0.15) is 0 Å². The lowest BCUT2D eigenvalue weighted by Crippen LogP contribution is -2.30. The van der Waals surface area contributed by atoms with Crippen LogP contribution in [0.15, 0.2) is 84.9 Å². The summed E-state index contributed by atoms with van der Waals surface area (Å²) in [4.78, 5) is 26.6. The van der Waals surface area contributed by atoms with E-state index >= 15 is 0 Å². The summed E-state index contributed by atoms with van der Waals surface area (Å²) < 4.78 is 0. The highest BCUT2D eigenvalue weighted by Crippen LogP contribution is 2.18. The van der Waals surface area contributed by atoms with Crippen LogP contribution in [0, 0.1) is 0 Å². The number of anilines is 3. The van der Waals surface area contributed by atoms with Crippen molar-refractivity contribution in [3.05, 3.63) is 90.5 Å². The van der Waals surface area contributed by atoms with E-state index in [1.807, 2.05) is 67.6 Å². The van der Waals surface area contributed by atoms with Crippen molar-refractivity contribution >= 4 is 28.9 Å². The first-order valence-corrected chi connectivity index (χ1v) is 9.23. The molecule has 0 aromatic heterocycles. The quantitative estimate of drug-likeness (QED) is 0.645. The molecule has 0 bridgehead atoms. The van der Waals surface area contributed by atoms with Gasteiger partial charge >= 0.3 is 0 Å². The van der Waals surface area contributed by atoms with Gasteiger partial charge < -0.3 is 15.5 Å². The molecule has 0 heterocycles. The summed E-state index contributed by atoms with van der Waals surface area (Å²) in [7, 11) is 0. The smallest absolute Gasteiger partial charge is 0.258 e. The van der Waals surface area contributed by atoms with Gasteiger partial charge in [-0.2, -0.15) is 0 Å². The third kappa shape index (κ3) is 4.98. The van der Waals surface area contributed by atoms with Gasteiger partial charge in [0.15, 0.2) is 0 Å². The summed E-state index contributed by atoms with van der Waals surface area (Å²) >= 11 is 0. The number of rotatable bonds is 7. The summed E-state index contributed by atoms with van der Waals surface area (Å²) in [6.07, 6.45) is 0. The number of nitrogens with one attached hydrogen (secondary N) is 2. The third-order valence-electron chi connectivity index (χ3n) is 4.27. The highest BCUT2D eigenvalue weighted by molar-refractivity contribution is 6.06. The molecule has 0 fully saturated rings. The Morgan fingerprint density at radius 3 is 2.00 bits per heavy atom. The molecule has 28 heavy (non-hydrogen) atoms. The molecule has 2 amide bonds. The van der Waals surface area contributed by atoms with Crippen LogP contribution in [-0.4, -0.2) is 24.9 Å². The Kier molecular flexibility index (Phi) is 6.41. The molecule has 0 atom stereocenters. The van der Waals surface area contributed by atoms with Crippen molar-refractivity contribution in [1.29, 1.82) is 0 Å². The molecule has 0 aliphatic heterocycles. The molecule has 0 saturated heterocycles. The van der Waals surface area contributed by atoms with Crippen molar-refractivity contribution in [2.75, 3.05) is 28.6 Å². The second kappa shape index (κ2) is 9.37. The van der Waals surface area contributed by atoms with Crippen molar-refractivity contribution in [3.8, 4) is 0 Å². The number of benzene rings is 3. The molecular formula is C23H23N3O2. The molecule has 2 N–H and O–H groups in total. The van der Waals surface area contributed by atoms with E-state index in [-0.39, 0.29) is 18.4 Å². The van der Waals surface area contributed by atoms with Crippen LogP contribution in [0.1, 0.15) is 17.3 Å². The highest BCUT2D eigenvalue weighted by atomic mass is 16.2. The Labute approximate surface area is 165 Å². The zero-order valence-corrected chi connectivity index (χ0v) is 15.8. The Bertz CT molecular complexity index is 910. The topological polar surface area (TPSA) is 61.4 Å². The lowest BCUT2D eigenvalue weighted by molar-refractivity contribution is -0.114. The van der Waals surface area contributed by atoms with E-state index in [1.54, 1.807) is 29.2 Å². The average Bonchev–Trinajstić information content (AvgIpc) is 2.75. The molecule has 0 spiro atoms. The first kappa shape index (κ1) is 19.2. The molecular weight excluding hydrogens is 350 g/mol. The van der Waals surface area contributed by atoms with Crippen LogP contribution in [0.4, 0.5) is 17.1 Å². The minimum absolute atomic E-state index is 0.0719. The van der Waals surface area contributed by atoms with Crippen LogP contribution >= 0.6 is 0 Å². The maximum atomic E-state index is 12.8. The largest absolute Gasteiger partial charge is 0.376 e. The van der Waals surface area contributed by atoms with Gasteiger partial charge in [-0.15, -0.1) is 0 Å². The summed E-state index contributed by atoms with van der Waals surface area (Å²) in [5.41, 5.74) is 2.98. The maximum Gasteiger partial charge on any atom is 0.258 e. The van der Waals surface area contributed by atoms with Crippen molar-refractivity contribution in [2.45, 2.75) is 6.92 Å². The molecule has 5 nitrogen and oxygen atoms in total. The Morgan fingerprint density at radius 2 is 1.39 bits per heavy atom. The third-order valence-corrected chi connectivity index (χ3v) is 4.27. The van der Waals surface area contributed by atoms with Crippen molar-refractivity contribution in [1.82, 2.24) is 0 Å². The predicted molar refractivity (Wildman–Crippen MR) is 114 cm³/mol. The zero-order valence-electron chi connectivity index (χ0n) is 15.8. The normalized spacial score (nSPS) is 10.2. The van der Waals surface area contributed by atoms with Crippen molar-refractivity contribution in [2.24, 2.45) is 0 Å². The molecule has 3 aromatic rings. The number of hydrogen-bond acceptors (Lipinski definition) is 3. The number of carbonyl (C=O) groups is 2. The van der Waals surface area contributed by atoms with E-state index in [0.717, 1.165) is 11.4 Å². The minimum atomic E-state index is -0.151. The fourth-order valence-electron chi connectivity index (χ4n) is 2.85. The zero-order chi connectivity index (χ0) is 19.8. The van der Waals surface area contributed by atoms with Crippen molar-refractivity contribution in [3.63, 3.8) is 0 Å². The molecule has 0 saturated carbocycles. The average molecular weight is 373 g/mol. The summed E-state index contributed by atoms with van der Waals surface area (Å²) in [5, 5.41) is 5.89.